The maximum absolute atomic E-state index is 11.3. The van der Waals surface area contributed by atoms with Crippen LogP contribution in [0.1, 0.15) is 25.0 Å². The summed E-state index contributed by atoms with van der Waals surface area (Å²) in [5.74, 6) is -0.517. The van der Waals surface area contributed by atoms with Crippen molar-refractivity contribution < 1.29 is 19.7 Å². The Balaban J connectivity index is 2.82. The molecule has 0 aliphatic carbocycles. The molecule has 0 saturated heterocycles. The lowest BCUT2D eigenvalue weighted by Gasteiger charge is -2.23. The molecule has 5 heteroatoms. The second-order valence-electron chi connectivity index (χ2n) is 4.47. The van der Waals surface area contributed by atoms with Gasteiger partial charge in [-0.3, -0.25) is 4.79 Å². The van der Waals surface area contributed by atoms with Crippen LogP contribution >= 0.6 is 0 Å². The van der Waals surface area contributed by atoms with Gasteiger partial charge in [0.2, 0.25) is 0 Å². The lowest BCUT2D eigenvalue weighted by atomic mass is 10.00. The molecular formula is C14H21NO4. The van der Waals surface area contributed by atoms with E-state index in [-0.39, 0.29) is 13.0 Å². The molecule has 19 heavy (non-hydrogen) atoms. The highest BCUT2D eigenvalue weighted by Crippen LogP contribution is 2.28. The molecule has 2 atom stereocenters. The van der Waals surface area contributed by atoms with Gasteiger partial charge in [-0.1, -0.05) is 18.2 Å². The summed E-state index contributed by atoms with van der Waals surface area (Å²) >= 11 is 0. The number of hydrogen-bond acceptors (Lipinski definition) is 5. The van der Waals surface area contributed by atoms with Crippen molar-refractivity contribution in [3.8, 4) is 0 Å². The predicted molar refractivity (Wildman–Crippen MR) is 73.0 cm³/mol. The lowest BCUT2D eigenvalue weighted by Crippen LogP contribution is -2.25. The molecule has 2 N–H and O–H groups in total. The summed E-state index contributed by atoms with van der Waals surface area (Å²) < 4.78 is 4.76. The molecule has 0 aliphatic rings. The number of nitrogens with zero attached hydrogens (tertiary/aromatic N) is 1. The van der Waals surface area contributed by atoms with Crippen LogP contribution < -0.4 is 4.90 Å². The number of rotatable bonds is 6. The van der Waals surface area contributed by atoms with E-state index in [4.69, 9.17) is 4.74 Å². The maximum atomic E-state index is 11.3. The smallest absolute Gasteiger partial charge is 0.308 e. The molecule has 0 amide bonds. The van der Waals surface area contributed by atoms with Gasteiger partial charge in [0.05, 0.1) is 19.1 Å². The number of ether oxygens (including phenoxy) is 1. The van der Waals surface area contributed by atoms with Gasteiger partial charge in [-0.25, -0.2) is 0 Å². The number of anilines is 1. The Kier molecular flexibility index (Phi) is 5.79. The van der Waals surface area contributed by atoms with Gasteiger partial charge in [-0.2, -0.15) is 0 Å². The van der Waals surface area contributed by atoms with Gasteiger partial charge >= 0.3 is 5.97 Å². The zero-order valence-corrected chi connectivity index (χ0v) is 11.5. The average molecular weight is 267 g/mol. The summed E-state index contributed by atoms with van der Waals surface area (Å²) in [7, 11) is 3.70. The van der Waals surface area contributed by atoms with Crippen LogP contribution in [0.15, 0.2) is 24.3 Å². The highest BCUT2D eigenvalue weighted by atomic mass is 16.5. The first-order valence-corrected chi connectivity index (χ1v) is 6.25. The lowest BCUT2D eigenvalue weighted by molar-refractivity contribution is -0.147. The maximum Gasteiger partial charge on any atom is 0.308 e. The summed E-state index contributed by atoms with van der Waals surface area (Å²) in [5, 5.41) is 20.1. The Bertz CT molecular complexity index is 420. The molecule has 0 aromatic heterocycles. The summed E-state index contributed by atoms with van der Waals surface area (Å²) in [6.07, 6.45) is -2.53. The number of para-hydroxylation sites is 1. The average Bonchev–Trinajstić information content (AvgIpc) is 2.37. The zero-order valence-electron chi connectivity index (χ0n) is 11.5. The summed E-state index contributed by atoms with van der Waals surface area (Å²) in [6.45, 7) is 1.96. The van der Waals surface area contributed by atoms with E-state index in [1.54, 1.807) is 19.1 Å². The molecule has 5 nitrogen and oxygen atoms in total. The second kappa shape index (κ2) is 7.11. The van der Waals surface area contributed by atoms with Crippen LogP contribution in [0.3, 0.4) is 0 Å². The van der Waals surface area contributed by atoms with Crippen molar-refractivity contribution in [2.24, 2.45) is 0 Å². The Morgan fingerprint density at radius 3 is 2.53 bits per heavy atom. The Hall–Kier alpha value is -1.59. The molecule has 1 aromatic rings. The minimum absolute atomic E-state index is 0.225. The molecule has 0 bridgehead atoms. The van der Waals surface area contributed by atoms with Crippen molar-refractivity contribution in [1.82, 2.24) is 0 Å². The SMILES string of the molecule is CCOC(=O)CC(O)C(O)c1ccccc1N(C)C. The molecule has 0 fully saturated rings. The molecule has 1 rings (SSSR count). The quantitative estimate of drug-likeness (QED) is 0.755. The number of esters is 1. The minimum Gasteiger partial charge on any atom is -0.466 e. The van der Waals surface area contributed by atoms with Gasteiger partial charge in [0.25, 0.3) is 0 Å². The number of aliphatic hydroxyl groups excluding tert-OH is 2. The third kappa shape index (κ3) is 4.22. The van der Waals surface area contributed by atoms with E-state index >= 15 is 0 Å². The largest absolute Gasteiger partial charge is 0.466 e. The fraction of sp³-hybridized carbons (Fsp3) is 0.500. The number of benzene rings is 1. The monoisotopic (exact) mass is 267 g/mol. The number of aliphatic hydroxyl groups is 2. The van der Waals surface area contributed by atoms with Crippen molar-refractivity contribution in [2.45, 2.75) is 25.6 Å². The van der Waals surface area contributed by atoms with Crippen molar-refractivity contribution in [3.05, 3.63) is 29.8 Å². The Labute approximate surface area is 113 Å². The molecular weight excluding hydrogens is 246 g/mol. The summed E-state index contributed by atoms with van der Waals surface area (Å²) in [5.41, 5.74) is 1.39. The molecule has 0 heterocycles. The van der Waals surface area contributed by atoms with Gasteiger partial charge in [-0.05, 0) is 13.0 Å². The molecule has 0 spiro atoms. The molecule has 2 unspecified atom stereocenters. The molecule has 0 aliphatic heterocycles. The van der Waals surface area contributed by atoms with Gasteiger partial charge in [0.15, 0.2) is 0 Å². The van der Waals surface area contributed by atoms with E-state index in [0.717, 1.165) is 5.69 Å². The van der Waals surface area contributed by atoms with Gasteiger partial charge in [0.1, 0.15) is 6.10 Å². The Morgan fingerprint density at radius 1 is 1.32 bits per heavy atom. The van der Waals surface area contributed by atoms with Crippen LogP contribution in [-0.4, -0.2) is 43.0 Å². The highest BCUT2D eigenvalue weighted by Gasteiger charge is 2.24. The predicted octanol–water partition coefficient (Wildman–Crippen LogP) is 1.10. The normalized spacial score (nSPS) is 13.7. The first kappa shape index (κ1) is 15.5. The van der Waals surface area contributed by atoms with Crippen LogP contribution in [0.4, 0.5) is 5.69 Å². The van der Waals surface area contributed by atoms with Gasteiger partial charge in [0, 0.05) is 25.3 Å². The van der Waals surface area contributed by atoms with Gasteiger partial charge < -0.3 is 19.8 Å². The van der Waals surface area contributed by atoms with Crippen LogP contribution in [-0.2, 0) is 9.53 Å². The van der Waals surface area contributed by atoms with Crippen molar-refractivity contribution in [3.63, 3.8) is 0 Å². The molecule has 106 valence electrons. The van der Waals surface area contributed by atoms with Crippen LogP contribution in [0, 0.1) is 0 Å². The van der Waals surface area contributed by atoms with E-state index in [1.807, 2.05) is 31.1 Å². The van der Waals surface area contributed by atoms with Gasteiger partial charge in [-0.15, -0.1) is 0 Å². The van der Waals surface area contributed by atoms with E-state index in [2.05, 4.69) is 0 Å². The van der Waals surface area contributed by atoms with Crippen LogP contribution in [0.5, 0.6) is 0 Å². The van der Waals surface area contributed by atoms with Crippen LogP contribution in [0.2, 0.25) is 0 Å². The highest BCUT2D eigenvalue weighted by molar-refractivity contribution is 5.70. The Morgan fingerprint density at radius 2 is 1.95 bits per heavy atom. The van der Waals surface area contributed by atoms with Crippen molar-refractivity contribution >= 4 is 11.7 Å². The van der Waals surface area contributed by atoms with Crippen molar-refractivity contribution in [2.75, 3.05) is 25.6 Å². The first-order chi connectivity index (χ1) is 8.97. The molecule has 0 saturated carbocycles. The molecule has 1 aromatic carbocycles. The van der Waals surface area contributed by atoms with E-state index < -0.39 is 18.2 Å². The number of hydrogen-bond donors (Lipinski definition) is 2. The van der Waals surface area contributed by atoms with Crippen molar-refractivity contribution in [1.29, 1.82) is 0 Å². The fourth-order valence-electron chi connectivity index (χ4n) is 1.85. The van der Waals surface area contributed by atoms with E-state index in [0.29, 0.717) is 5.56 Å². The topological polar surface area (TPSA) is 70.0 Å². The first-order valence-electron chi connectivity index (χ1n) is 6.25. The fourth-order valence-corrected chi connectivity index (χ4v) is 1.85. The third-order valence-electron chi connectivity index (χ3n) is 2.78. The van der Waals surface area contributed by atoms with E-state index in [1.165, 1.54) is 0 Å². The molecule has 0 radical (unpaired) electrons. The van der Waals surface area contributed by atoms with E-state index in [9.17, 15) is 15.0 Å². The minimum atomic E-state index is -1.18. The number of carbonyl (C=O) groups is 1. The zero-order chi connectivity index (χ0) is 14.4. The third-order valence-corrected chi connectivity index (χ3v) is 2.78. The number of carbonyl (C=O) groups excluding carboxylic acids is 1. The summed E-state index contributed by atoms with van der Waals surface area (Å²) in [4.78, 5) is 13.1. The summed E-state index contributed by atoms with van der Waals surface area (Å²) in [6, 6.07) is 7.20. The van der Waals surface area contributed by atoms with Crippen LogP contribution in [0.25, 0.3) is 0 Å². The standard InChI is InChI=1S/C14H21NO4/c1-4-19-13(17)9-12(16)14(18)10-7-5-6-8-11(10)15(2)3/h5-8,12,14,16,18H,4,9H2,1-3H3. The second-order valence-corrected chi connectivity index (χ2v) is 4.47.